The van der Waals surface area contributed by atoms with Crippen molar-refractivity contribution in [3.05, 3.63) is 0 Å². The van der Waals surface area contributed by atoms with Gasteiger partial charge in [0.15, 0.2) is 0 Å². The SMILES string of the molecule is CC(C)C1CCN(C(=O)CCCN2C(=O)CC(C(C)(C)C)C2=O)CC1. The van der Waals surface area contributed by atoms with Gasteiger partial charge in [0.1, 0.15) is 0 Å². The molecule has 0 bridgehead atoms. The van der Waals surface area contributed by atoms with Crippen LogP contribution in [0.25, 0.3) is 0 Å². The molecule has 0 aromatic carbocycles. The number of amides is 3. The molecular weight excluding hydrogens is 316 g/mol. The van der Waals surface area contributed by atoms with Gasteiger partial charge in [0.2, 0.25) is 17.7 Å². The Hall–Kier alpha value is -1.39. The van der Waals surface area contributed by atoms with E-state index in [-0.39, 0.29) is 29.1 Å². The Bertz CT molecular complexity index is 514. The van der Waals surface area contributed by atoms with E-state index in [1.807, 2.05) is 25.7 Å². The molecule has 2 heterocycles. The molecule has 2 aliphatic heterocycles. The van der Waals surface area contributed by atoms with Gasteiger partial charge in [0, 0.05) is 32.5 Å². The number of nitrogens with zero attached hydrogens (tertiary/aromatic N) is 2. The van der Waals surface area contributed by atoms with E-state index in [0.29, 0.717) is 31.7 Å². The summed E-state index contributed by atoms with van der Waals surface area (Å²) in [6, 6.07) is 0. The van der Waals surface area contributed by atoms with Crippen LogP contribution >= 0.6 is 0 Å². The van der Waals surface area contributed by atoms with E-state index in [9.17, 15) is 14.4 Å². The van der Waals surface area contributed by atoms with E-state index in [2.05, 4.69) is 13.8 Å². The van der Waals surface area contributed by atoms with Crippen molar-refractivity contribution < 1.29 is 14.4 Å². The topological polar surface area (TPSA) is 57.7 Å². The van der Waals surface area contributed by atoms with Crippen LogP contribution in [0.4, 0.5) is 0 Å². The van der Waals surface area contributed by atoms with Crippen LogP contribution in [0.5, 0.6) is 0 Å². The van der Waals surface area contributed by atoms with Crippen LogP contribution in [0.2, 0.25) is 0 Å². The molecule has 2 fully saturated rings. The first-order valence-corrected chi connectivity index (χ1v) is 9.73. The lowest BCUT2D eigenvalue weighted by Crippen LogP contribution is -2.40. The number of hydrogen-bond donors (Lipinski definition) is 0. The second kappa shape index (κ2) is 7.88. The first kappa shape index (κ1) is 19.9. The van der Waals surface area contributed by atoms with Crippen LogP contribution in [0.3, 0.4) is 0 Å². The minimum Gasteiger partial charge on any atom is -0.343 e. The number of imide groups is 1. The smallest absolute Gasteiger partial charge is 0.233 e. The third-order valence-corrected chi connectivity index (χ3v) is 5.90. The number of likely N-dealkylation sites (tertiary alicyclic amines) is 2. The molecule has 2 aliphatic rings. The molecule has 0 aromatic rings. The van der Waals surface area contributed by atoms with E-state index in [0.717, 1.165) is 31.8 Å². The molecule has 0 N–H and O–H groups in total. The molecule has 0 saturated carbocycles. The summed E-state index contributed by atoms with van der Waals surface area (Å²) in [4.78, 5) is 40.3. The highest BCUT2D eigenvalue weighted by Gasteiger charge is 2.44. The zero-order valence-corrected chi connectivity index (χ0v) is 16.5. The monoisotopic (exact) mass is 350 g/mol. The quantitative estimate of drug-likeness (QED) is 0.716. The molecule has 25 heavy (non-hydrogen) atoms. The van der Waals surface area contributed by atoms with Crippen molar-refractivity contribution in [2.45, 2.75) is 66.7 Å². The minimum atomic E-state index is -0.231. The molecular formula is C20H34N2O3. The second-order valence-electron chi connectivity index (χ2n) is 9.07. The summed E-state index contributed by atoms with van der Waals surface area (Å²) in [5.74, 6) is 1.18. The Labute approximate surface area is 152 Å². The van der Waals surface area contributed by atoms with E-state index >= 15 is 0 Å². The fourth-order valence-electron chi connectivity index (χ4n) is 3.96. The maximum Gasteiger partial charge on any atom is 0.233 e. The van der Waals surface area contributed by atoms with Crippen LogP contribution in [-0.4, -0.2) is 47.2 Å². The van der Waals surface area contributed by atoms with Crippen LogP contribution in [0, 0.1) is 23.2 Å². The molecule has 2 saturated heterocycles. The van der Waals surface area contributed by atoms with E-state index in [4.69, 9.17) is 0 Å². The summed E-state index contributed by atoms with van der Waals surface area (Å²) in [6.07, 6.45) is 3.46. The summed E-state index contributed by atoms with van der Waals surface area (Å²) in [6.45, 7) is 12.5. The highest BCUT2D eigenvalue weighted by Crippen LogP contribution is 2.35. The lowest BCUT2D eigenvalue weighted by molar-refractivity contribution is -0.141. The molecule has 3 amide bonds. The largest absolute Gasteiger partial charge is 0.343 e. The van der Waals surface area contributed by atoms with Gasteiger partial charge in [-0.2, -0.15) is 0 Å². The van der Waals surface area contributed by atoms with Gasteiger partial charge in [-0.1, -0.05) is 34.6 Å². The van der Waals surface area contributed by atoms with Crippen LogP contribution in [-0.2, 0) is 14.4 Å². The Morgan fingerprint density at radius 3 is 2.24 bits per heavy atom. The van der Waals surface area contributed by atoms with Gasteiger partial charge in [0.25, 0.3) is 0 Å². The first-order chi connectivity index (χ1) is 11.6. The van der Waals surface area contributed by atoms with Gasteiger partial charge in [-0.05, 0) is 36.5 Å². The second-order valence-corrected chi connectivity index (χ2v) is 9.07. The van der Waals surface area contributed by atoms with Gasteiger partial charge in [-0.15, -0.1) is 0 Å². The normalized spacial score (nSPS) is 23.0. The van der Waals surface area contributed by atoms with Crippen LogP contribution in [0.15, 0.2) is 0 Å². The molecule has 142 valence electrons. The highest BCUT2D eigenvalue weighted by atomic mass is 16.2. The molecule has 5 nitrogen and oxygen atoms in total. The van der Waals surface area contributed by atoms with Crippen LogP contribution < -0.4 is 0 Å². The Morgan fingerprint density at radius 2 is 1.76 bits per heavy atom. The molecule has 5 heteroatoms. The molecule has 0 spiro atoms. The van der Waals surface area contributed by atoms with Crippen molar-refractivity contribution in [1.29, 1.82) is 0 Å². The predicted molar refractivity (Wildman–Crippen MR) is 97.7 cm³/mol. The summed E-state index contributed by atoms with van der Waals surface area (Å²) in [5, 5.41) is 0. The number of carbonyl (C=O) groups is 3. The number of piperidine rings is 1. The molecule has 1 atom stereocenters. The van der Waals surface area contributed by atoms with Crippen molar-refractivity contribution in [2.75, 3.05) is 19.6 Å². The molecule has 0 radical (unpaired) electrons. The van der Waals surface area contributed by atoms with Gasteiger partial charge in [-0.3, -0.25) is 19.3 Å². The standard InChI is InChI=1S/C20H34N2O3/c1-14(2)15-8-11-21(12-9-15)17(23)7-6-10-22-18(24)13-16(19(22)25)20(3,4)5/h14-16H,6-13H2,1-5H3. The fraction of sp³-hybridized carbons (Fsp3) is 0.850. The van der Waals surface area contributed by atoms with E-state index in [1.165, 1.54) is 4.90 Å². The summed E-state index contributed by atoms with van der Waals surface area (Å²) in [5.41, 5.74) is -0.196. The third-order valence-electron chi connectivity index (χ3n) is 5.90. The van der Waals surface area contributed by atoms with E-state index in [1.54, 1.807) is 0 Å². The lowest BCUT2D eigenvalue weighted by atomic mass is 9.80. The summed E-state index contributed by atoms with van der Waals surface area (Å²) < 4.78 is 0. The molecule has 2 rings (SSSR count). The third kappa shape index (κ3) is 4.83. The Balaban J connectivity index is 1.76. The molecule has 0 aliphatic carbocycles. The van der Waals surface area contributed by atoms with Gasteiger partial charge in [0.05, 0.1) is 5.92 Å². The summed E-state index contributed by atoms with van der Waals surface area (Å²) in [7, 11) is 0. The van der Waals surface area contributed by atoms with Crippen LogP contribution in [0.1, 0.15) is 66.7 Å². The maximum absolute atomic E-state index is 12.4. The van der Waals surface area contributed by atoms with Crippen molar-refractivity contribution in [3.8, 4) is 0 Å². The zero-order valence-electron chi connectivity index (χ0n) is 16.5. The summed E-state index contributed by atoms with van der Waals surface area (Å²) >= 11 is 0. The van der Waals surface area contributed by atoms with Crippen molar-refractivity contribution in [2.24, 2.45) is 23.2 Å². The van der Waals surface area contributed by atoms with Gasteiger partial charge < -0.3 is 4.90 Å². The van der Waals surface area contributed by atoms with E-state index < -0.39 is 0 Å². The zero-order chi connectivity index (χ0) is 18.8. The highest BCUT2D eigenvalue weighted by molar-refractivity contribution is 6.03. The fourth-order valence-corrected chi connectivity index (χ4v) is 3.96. The Morgan fingerprint density at radius 1 is 1.16 bits per heavy atom. The molecule has 1 unspecified atom stereocenters. The average molecular weight is 351 g/mol. The molecule has 0 aromatic heterocycles. The van der Waals surface area contributed by atoms with Gasteiger partial charge in [-0.25, -0.2) is 0 Å². The lowest BCUT2D eigenvalue weighted by Gasteiger charge is -2.34. The Kier molecular flexibility index (Phi) is 6.28. The number of hydrogen-bond acceptors (Lipinski definition) is 3. The first-order valence-electron chi connectivity index (χ1n) is 9.73. The van der Waals surface area contributed by atoms with Crippen molar-refractivity contribution in [3.63, 3.8) is 0 Å². The minimum absolute atomic E-state index is 0.0669. The maximum atomic E-state index is 12.4. The van der Waals surface area contributed by atoms with Crippen molar-refractivity contribution >= 4 is 17.7 Å². The number of rotatable bonds is 5. The van der Waals surface area contributed by atoms with Gasteiger partial charge >= 0.3 is 0 Å². The predicted octanol–water partition coefficient (Wildman–Crippen LogP) is 3.08. The van der Waals surface area contributed by atoms with Crippen molar-refractivity contribution in [1.82, 2.24) is 9.80 Å². The average Bonchev–Trinajstić information content (AvgIpc) is 2.83. The number of carbonyl (C=O) groups excluding carboxylic acids is 3.